The van der Waals surface area contributed by atoms with Crippen molar-refractivity contribution in [3.63, 3.8) is 0 Å². The fraction of sp³-hybridized carbons (Fsp3) is 0.231. The van der Waals surface area contributed by atoms with E-state index in [4.69, 9.17) is 0 Å². The number of hydrogen-bond donors (Lipinski definition) is 1. The summed E-state index contributed by atoms with van der Waals surface area (Å²) in [5, 5.41) is 9.37. The molecule has 2 aromatic rings. The third kappa shape index (κ3) is 2.06. The Bertz CT molecular complexity index is 532. The molecule has 1 aromatic carbocycles. The molecule has 88 valence electrons. The summed E-state index contributed by atoms with van der Waals surface area (Å²) in [5.41, 5.74) is 2.48. The monoisotopic (exact) mass is 230 g/mol. The Morgan fingerprint density at radius 3 is 2.41 bits per heavy atom. The average molecular weight is 230 g/mol. The number of aromatic nitrogens is 2. The molecule has 17 heavy (non-hydrogen) atoms. The number of hydrogen-bond acceptors (Lipinski definition) is 2. The molecule has 0 aliphatic carbocycles. The highest BCUT2D eigenvalue weighted by atomic mass is 16.4. The first-order chi connectivity index (χ1) is 8.11. The van der Waals surface area contributed by atoms with Gasteiger partial charge >= 0.3 is 5.97 Å². The second kappa shape index (κ2) is 4.41. The zero-order valence-corrected chi connectivity index (χ0v) is 9.79. The van der Waals surface area contributed by atoms with Gasteiger partial charge in [0, 0.05) is 5.69 Å². The van der Waals surface area contributed by atoms with E-state index in [0.717, 1.165) is 17.0 Å². The number of rotatable bonds is 3. The van der Waals surface area contributed by atoms with Crippen LogP contribution < -0.4 is 0 Å². The van der Waals surface area contributed by atoms with Crippen LogP contribution in [0.1, 0.15) is 23.0 Å². The molecule has 1 aromatic heterocycles. The van der Waals surface area contributed by atoms with Gasteiger partial charge in [-0.05, 0) is 19.4 Å². The number of benzene rings is 1. The fourth-order valence-electron chi connectivity index (χ4n) is 1.83. The maximum absolute atomic E-state index is 11.4. The van der Waals surface area contributed by atoms with E-state index in [1.807, 2.05) is 44.2 Å². The van der Waals surface area contributed by atoms with E-state index in [-0.39, 0.29) is 0 Å². The summed E-state index contributed by atoms with van der Waals surface area (Å²) in [6.45, 7) is 3.75. The Labute approximate surface area is 99.5 Å². The average Bonchev–Trinajstić information content (AvgIpc) is 2.63. The second-order valence-corrected chi connectivity index (χ2v) is 3.97. The quantitative estimate of drug-likeness (QED) is 0.879. The van der Waals surface area contributed by atoms with Crippen LogP contribution >= 0.6 is 0 Å². The molecule has 0 aliphatic heterocycles. The largest absolute Gasteiger partial charge is 0.479 e. The van der Waals surface area contributed by atoms with E-state index in [1.54, 1.807) is 10.9 Å². The second-order valence-electron chi connectivity index (χ2n) is 3.97. The van der Waals surface area contributed by atoms with Gasteiger partial charge in [0.25, 0.3) is 0 Å². The van der Waals surface area contributed by atoms with Crippen molar-refractivity contribution in [2.75, 3.05) is 0 Å². The van der Waals surface area contributed by atoms with Crippen LogP contribution in [-0.2, 0) is 4.79 Å². The lowest BCUT2D eigenvalue weighted by Gasteiger charge is -2.16. The van der Waals surface area contributed by atoms with Gasteiger partial charge in [0.15, 0.2) is 6.04 Å². The van der Waals surface area contributed by atoms with Gasteiger partial charge in [0.1, 0.15) is 0 Å². The molecule has 0 bridgehead atoms. The summed E-state index contributed by atoms with van der Waals surface area (Å²) >= 11 is 0. The number of nitrogens with zero attached hydrogens (tertiary/aromatic N) is 2. The molecule has 1 atom stereocenters. The number of carbonyl (C=O) groups is 1. The van der Waals surface area contributed by atoms with Crippen molar-refractivity contribution in [2.45, 2.75) is 19.9 Å². The SMILES string of the molecule is Cc1ncn(C(C(=O)O)c2ccccc2)c1C. The van der Waals surface area contributed by atoms with Gasteiger partial charge in [-0.3, -0.25) is 0 Å². The Morgan fingerprint density at radius 1 is 1.29 bits per heavy atom. The molecule has 0 spiro atoms. The third-order valence-electron chi connectivity index (χ3n) is 2.91. The Balaban J connectivity index is 2.51. The molecule has 2 rings (SSSR count). The molecular weight excluding hydrogens is 216 g/mol. The summed E-state index contributed by atoms with van der Waals surface area (Å²) in [7, 11) is 0. The minimum absolute atomic E-state index is 0.711. The first-order valence-electron chi connectivity index (χ1n) is 5.39. The lowest BCUT2D eigenvalue weighted by Crippen LogP contribution is -2.20. The number of carboxylic acids is 1. The van der Waals surface area contributed by atoms with Crippen LogP contribution in [0.25, 0.3) is 0 Å². The molecule has 1 unspecified atom stereocenters. The summed E-state index contributed by atoms with van der Waals surface area (Å²) in [4.78, 5) is 15.6. The topological polar surface area (TPSA) is 55.1 Å². The highest BCUT2D eigenvalue weighted by Crippen LogP contribution is 2.21. The van der Waals surface area contributed by atoms with Gasteiger partial charge in [0.2, 0.25) is 0 Å². The highest BCUT2D eigenvalue weighted by Gasteiger charge is 2.23. The predicted molar refractivity (Wildman–Crippen MR) is 63.9 cm³/mol. The van der Waals surface area contributed by atoms with Gasteiger partial charge in [0.05, 0.1) is 12.0 Å². The molecular formula is C13H14N2O2. The third-order valence-corrected chi connectivity index (χ3v) is 2.91. The van der Waals surface area contributed by atoms with Crippen LogP contribution in [-0.4, -0.2) is 20.6 Å². The number of aliphatic carboxylic acids is 1. The Hall–Kier alpha value is -2.10. The van der Waals surface area contributed by atoms with E-state index in [2.05, 4.69) is 4.98 Å². The van der Waals surface area contributed by atoms with Crippen molar-refractivity contribution in [3.05, 3.63) is 53.6 Å². The molecule has 0 fully saturated rings. The molecule has 0 saturated carbocycles. The first kappa shape index (κ1) is 11.4. The Morgan fingerprint density at radius 2 is 1.94 bits per heavy atom. The fourth-order valence-corrected chi connectivity index (χ4v) is 1.83. The molecule has 0 amide bonds. The van der Waals surface area contributed by atoms with Crippen LogP contribution in [0.2, 0.25) is 0 Å². The van der Waals surface area contributed by atoms with Gasteiger partial charge in [-0.1, -0.05) is 30.3 Å². The minimum atomic E-state index is -0.878. The molecule has 1 N–H and O–H groups in total. The van der Waals surface area contributed by atoms with Crippen LogP contribution in [0.5, 0.6) is 0 Å². The van der Waals surface area contributed by atoms with Crippen molar-refractivity contribution < 1.29 is 9.90 Å². The van der Waals surface area contributed by atoms with Crippen molar-refractivity contribution in [2.24, 2.45) is 0 Å². The summed E-state index contributed by atoms with van der Waals surface area (Å²) < 4.78 is 1.69. The van der Waals surface area contributed by atoms with E-state index >= 15 is 0 Å². The van der Waals surface area contributed by atoms with Crippen molar-refractivity contribution >= 4 is 5.97 Å². The number of imidazole rings is 1. The van der Waals surface area contributed by atoms with Crippen LogP contribution in [0.4, 0.5) is 0 Å². The Kier molecular flexibility index (Phi) is 2.95. The maximum atomic E-state index is 11.4. The smallest absolute Gasteiger partial charge is 0.331 e. The number of aryl methyl sites for hydroxylation is 1. The zero-order chi connectivity index (χ0) is 12.4. The van der Waals surface area contributed by atoms with Crippen LogP contribution in [0.3, 0.4) is 0 Å². The van der Waals surface area contributed by atoms with Gasteiger partial charge in [-0.15, -0.1) is 0 Å². The molecule has 1 heterocycles. The van der Waals surface area contributed by atoms with Gasteiger partial charge in [-0.25, -0.2) is 9.78 Å². The van der Waals surface area contributed by atoms with E-state index < -0.39 is 12.0 Å². The van der Waals surface area contributed by atoms with Crippen molar-refractivity contribution in [1.29, 1.82) is 0 Å². The standard InChI is InChI=1S/C13H14N2O2/c1-9-10(2)15(8-14-9)12(13(16)17)11-6-4-3-5-7-11/h3-8,12H,1-2H3,(H,16,17). The van der Waals surface area contributed by atoms with Gasteiger partial charge in [-0.2, -0.15) is 0 Å². The lowest BCUT2D eigenvalue weighted by atomic mass is 10.1. The lowest BCUT2D eigenvalue weighted by molar-refractivity contribution is -0.139. The normalized spacial score (nSPS) is 12.4. The first-order valence-corrected chi connectivity index (χ1v) is 5.39. The molecule has 0 aliphatic rings. The van der Waals surface area contributed by atoms with E-state index in [1.165, 1.54) is 0 Å². The molecule has 4 nitrogen and oxygen atoms in total. The molecule has 0 radical (unpaired) electrons. The van der Waals surface area contributed by atoms with Crippen LogP contribution in [0.15, 0.2) is 36.7 Å². The minimum Gasteiger partial charge on any atom is -0.479 e. The van der Waals surface area contributed by atoms with E-state index in [0.29, 0.717) is 0 Å². The predicted octanol–water partition coefficient (Wildman–Crippen LogP) is 2.17. The van der Waals surface area contributed by atoms with Crippen molar-refractivity contribution in [3.8, 4) is 0 Å². The molecule has 0 saturated heterocycles. The van der Waals surface area contributed by atoms with Crippen molar-refractivity contribution in [1.82, 2.24) is 9.55 Å². The summed E-state index contributed by atoms with van der Waals surface area (Å²) in [5.74, 6) is -0.878. The zero-order valence-electron chi connectivity index (χ0n) is 9.79. The molecule has 4 heteroatoms. The number of carboxylic acid groups (broad SMARTS) is 1. The van der Waals surface area contributed by atoms with E-state index in [9.17, 15) is 9.90 Å². The summed E-state index contributed by atoms with van der Waals surface area (Å²) in [6.07, 6.45) is 1.58. The summed E-state index contributed by atoms with van der Waals surface area (Å²) in [6, 6.07) is 8.46. The maximum Gasteiger partial charge on any atom is 0.331 e. The van der Waals surface area contributed by atoms with Gasteiger partial charge < -0.3 is 9.67 Å². The van der Waals surface area contributed by atoms with Crippen LogP contribution in [0, 0.1) is 13.8 Å². The highest BCUT2D eigenvalue weighted by molar-refractivity contribution is 5.76.